The van der Waals surface area contributed by atoms with Crippen LogP contribution in [0.4, 0.5) is 0 Å². The molecule has 7 heteroatoms. The Morgan fingerprint density at radius 2 is 1.78 bits per heavy atom. The van der Waals surface area contributed by atoms with E-state index in [0.29, 0.717) is 11.5 Å². The number of halogens is 1. The molecule has 0 atom stereocenters. The third-order valence-corrected chi connectivity index (χ3v) is 5.60. The first-order valence-corrected chi connectivity index (χ1v) is 9.15. The van der Waals surface area contributed by atoms with E-state index < -0.39 is 10.0 Å². The smallest absolute Gasteiger partial charge is 0.242 e. The lowest BCUT2D eigenvalue weighted by Crippen LogP contribution is -2.31. The Labute approximate surface area is 145 Å². The Morgan fingerprint density at radius 1 is 1.09 bits per heavy atom. The van der Waals surface area contributed by atoms with Crippen molar-refractivity contribution in [2.75, 3.05) is 27.3 Å². The second-order valence-electron chi connectivity index (χ2n) is 4.81. The molecule has 0 N–H and O–H groups in total. The monoisotopic (exact) mass is 399 g/mol. The van der Waals surface area contributed by atoms with Gasteiger partial charge in [-0.25, -0.2) is 8.42 Å². The minimum atomic E-state index is -3.54. The average molecular weight is 400 g/mol. The van der Waals surface area contributed by atoms with E-state index in [1.54, 1.807) is 12.1 Å². The molecule has 0 aliphatic carbocycles. The lowest BCUT2D eigenvalue weighted by molar-refractivity contribution is 0.286. The number of ether oxygens (including phenoxy) is 2. The molecule has 0 bridgehead atoms. The molecule has 0 heterocycles. The third-order valence-electron chi connectivity index (χ3n) is 3.24. The van der Waals surface area contributed by atoms with Gasteiger partial charge < -0.3 is 9.47 Å². The van der Waals surface area contributed by atoms with Crippen molar-refractivity contribution in [2.24, 2.45) is 0 Å². The molecule has 0 saturated heterocycles. The molecule has 0 radical (unpaired) electrons. The molecule has 124 valence electrons. The average Bonchev–Trinajstić information content (AvgIpc) is 2.55. The van der Waals surface area contributed by atoms with Crippen molar-refractivity contribution in [2.45, 2.75) is 4.90 Å². The van der Waals surface area contributed by atoms with Gasteiger partial charge in [0.25, 0.3) is 0 Å². The second-order valence-corrected chi connectivity index (χ2v) is 7.77. The topological polar surface area (TPSA) is 55.8 Å². The standard InChI is InChI=1S/C16H18BrNO4S/c1-18(10-11-22-15-5-3-4-13(17)12-15)23(19,20)16-8-6-14(21-2)7-9-16/h3-9,12H,10-11H2,1-2H3. The Kier molecular flexibility index (Phi) is 6.04. The van der Waals surface area contributed by atoms with E-state index in [1.807, 2.05) is 24.3 Å². The van der Waals surface area contributed by atoms with E-state index in [-0.39, 0.29) is 18.0 Å². The molecule has 0 aromatic heterocycles. The maximum Gasteiger partial charge on any atom is 0.242 e. The van der Waals surface area contributed by atoms with Gasteiger partial charge in [0.05, 0.1) is 12.0 Å². The minimum Gasteiger partial charge on any atom is -0.497 e. The van der Waals surface area contributed by atoms with Crippen molar-refractivity contribution >= 4 is 26.0 Å². The zero-order valence-corrected chi connectivity index (χ0v) is 15.3. The Balaban J connectivity index is 1.96. The van der Waals surface area contributed by atoms with Gasteiger partial charge in [0.1, 0.15) is 18.1 Å². The number of benzene rings is 2. The van der Waals surface area contributed by atoms with Crippen molar-refractivity contribution < 1.29 is 17.9 Å². The lowest BCUT2D eigenvalue weighted by Gasteiger charge is -2.17. The van der Waals surface area contributed by atoms with E-state index >= 15 is 0 Å². The first-order chi connectivity index (χ1) is 10.9. The zero-order chi connectivity index (χ0) is 16.9. The van der Waals surface area contributed by atoms with Gasteiger partial charge >= 0.3 is 0 Å². The van der Waals surface area contributed by atoms with Crippen molar-refractivity contribution in [1.82, 2.24) is 4.31 Å². The summed E-state index contributed by atoms with van der Waals surface area (Å²) in [5, 5.41) is 0. The summed E-state index contributed by atoms with van der Waals surface area (Å²) in [6, 6.07) is 13.7. The molecule has 2 rings (SSSR count). The fourth-order valence-electron chi connectivity index (χ4n) is 1.90. The third kappa shape index (κ3) is 4.70. The Hall–Kier alpha value is -1.57. The molecule has 0 aliphatic heterocycles. The highest BCUT2D eigenvalue weighted by Crippen LogP contribution is 2.19. The molecule has 0 amide bonds. The first kappa shape index (κ1) is 17.8. The van der Waals surface area contributed by atoms with Crippen LogP contribution in [-0.2, 0) is 10.0 Å². The van der Waals surface area contributed by atoms with Gasteiger partial charge in [-0.15, -0.1) is 0 Å². The van der Waals surface area contributed by atoms with Crippen LogP contribution in [0.3, 0.4) is 0 Å². The highest BCUT2D eigenvalue weighted by atomic mass is 79.9. The predicted octanol–water partition coefficient (Wildman–Crippen LogP) is 3.16. The molecule has 0 saturated carbocycles. The van der Waals surface area contributed by atoms with Gasteiger partial charge in [-0.1, -0.05) is 22.0 Å². The zero-order valence-electron chi connectivity index (χ0n) is 12.9. The van der Waals surface area contributed by atoms with Crippen molar-refractivity contribution in [3.8, 4) is 11.5 Å². The van der Waals surface area contributed by atoms with Crippen LogP contribution in [0, 0.1) is 0 Å². The first-order valence-electron chi connectivity index (χ1n) is 6.92. The summed E-state index contributed by atoms with van der Waals surface area (Å²) in [5.74, 6) is 1.30. The van der Waals surface area contributed by atoms with Crippen LogP contribution in [0.15, 0.2) is 57.9 Å². The highest BCUT2D eigenvalue weighted by Gasteiger charge is 2.20. The van der Waals surface area contributed by atoms with Crippen molar-refractivity contribution in [3.63, 3.8) is 0 Å². The van der Waals surface area contributed by atoms with E-state index in [0.717, 1.165) is 4.47 Å². The van der Waals surface area contributed by atoms with Crippen LogP contribution < -0.4 is 9.47 Å². The maximum atomic E-state index is 12.5. The molecule has 23 heavy (non-hydrogen) atoms. The maximum absolute atomic E-state index is 12.5. The molecular formula is C16H18BrNO4S. The summed E-state index contributed by atoms with van der Waals surface area (Å²) < 4.78 is 37.7. The number of nitrogens with zero attached hydrogens (tertiary/aromatic N) is 1. The van der Waals surface area contributed by atoms with Gasteiger partial charge in [0.15, 0.2) is 0 Å². The van der Waals surface area contributed by atoms with Gasteiger partial charge in [0.2, 0.25) is 10.0 Å². The molecule has 0 spiro atoms. The number of methoxy groups -OCH3 is 1. The van der Waals surface area contributed by atoms with E-state index in [9.17, 15) is 8.42 Å². The van der Waals surface area contributed by atoms with Gasteiger partial charge in [-0.3, -0.25) is 0 Å². The summed E-state index contributed by atoms with van der Waals surface area (Å²) in [6.45, 7) is 0.517. The summed E-state index contributed by atoms with van der Waals surface area (Å²) in [5.41, 5.74) is 0. The number of hydrogen-bond donors (Lipinski definition) is 0. The molecule has 0 aliphatic rings. The van der Waals surface area contributed by atoms with Gasteiger partial charge in [0, 0.05) is 18.1 Å². The van der Waals surface area contributed by atoms with Crippen molar-refractivity contribution in [1.29, 1.82) is 0 Å². The number of sulfonamides is 1. The summed E-state index contributed by atoms with van der Waals surface area (Å²) >= 11 is 3.36. The van der Waals surface area contributed by atoms with Crippen LogP contribution in [0.25, 0.3) is 0 Å². The van der Waals surface area contributed by atoms with Gasteiger partial charge in [-0.05, 0) is 42.5 Å². The highest BCUT2D eigenvalue weighted by molar-refractivity contribution is 9.10. The van der Waals surface area contributed by atoms with E-state index in [4.69, 9.17) is 9.47 Å². The Bertz CT molecular complexity index is 747. The summed E-state index contributed by atoms with van der Waals surface area (Å²) in [4.78, 5) is 0.225. The Morgan fingerprint density at radius 3 is 2.39 bits per heavy atom. The molecule has 0 unspecified atom stereocenters. The van der Waals surface area contributed by atoms with Crippen LogP contribution in [-0.4, -0.2) is 40.0 Å². The van der Waals surface area contributed by atoms with Crippen LogP contribution in [0.5, 0.6) is 11.5 Å². The fraction of sp³-hybridized carbons (Fsp3) is 0.250. The van der Waals surface area contributed by atoms with Gasteiger partial charge in [-0.2, -0.15) is 4.31 Å². The van der Waals surface area contributed by atoms with E-state index in [2.05, 4.69) is 15.9 Å². The van der Waals surface area contributed by atoms with Crippen LogP contribution in [0.2, 0.25) is 0 Å². The predicted molar refractivity (Wildman–Crippen MR) is 92.4 cm³/mol. The molecular weight excluding hydrogens is 382 g/mol. The fourth-order valence-corrected chi connectivity index (χ4v) is 3.43. The largest absolute Gasteiger partial charge is 0.497 e. The molecule has 2 aromatic rings. The minimum absolute atomic E-state index is 0.225. The second kappa shape index (κ2) is 7.81. The summed E-state index contributed by atoms with van der Waals surface area (Å²) in [7, 11) is -0.470. The van der Waals surface area contributed by atoms with Crippen molar-refractivity contribution in [3.05, 3.63) is 53.0 Å². The molecule has 0 fully saturated rings. The van der Waals surface area contributed by atoms with E-state index in [1.165, 1.54) is 30.6 Å². The lowest BCUT2D eigenvalue weighted by atomic mass is 10.3. The molecule has 5 nitrogen and oxygen atoms in total. The number of hydrogen-bond acceptors (Lipinski definition) is 4. The SMILES string of the molecule is COc1ccc(S(=O)(=O)N(C)CCOc2cccc(Br)c2)cc1. The van der Waals surface area contributed by atoms with Crippen LogP contribution >= 0.6 is 15.9 Å². The number of rotatable bonds is 7. The normalized spacial score (nSPS) is 11.5. The summed E-state index contributed by atoms with van der Waals surface area (Å²) in [6.07, 6.45) is 0. The number of likely N-dealkylation sites (N-methyl/N-ethyl adjacent to an activating group) is 1. The van der Waals surface area contributed by atoms with Crippen LogP contribution in [0.1, 0.15) is 0 Å². The molecule has 2 aromatic carbocycles. The quantitative estimate of drug-likeness (QED) is 0.717.